The first-order valence-electron chi connectivity index (χ1n) is 4.59. The van der Waals surface area contributed by atoms with E-state index in [2.05, 4.69) is 5.32 Å². The molecule has 0 radical (unpaired) electrons. The van der Waals surface area contributed by atoms with E-state index in [1.807, 2.05) is 6.07 Å². The third-order valence-corrected chi connectivity index (χ3v) is 2.03. The lowest BCUT2D eigenvalue weighted by Gasteiger charge is -2.05. The first-order valence-corrected chi connectivity index (χ1v) is 4.59. The molecule has 0 bridgehead atoms. The summed E-state index contributed by atoms with van der Waals surface area (Å²) in [6, 6.07) is 7.73. The van der Waals surface area contributed by atoms with Crippen LogP contribution in [0.1, 0.15) is 11.1 Å². The Balaban J connectivity index is 3.14. The van der Waals surface area contributed by atoms with E-state index in [0.717, 1.165) is 12.3 Å². The fraction of sp³-hybridized carbons (Fsp3) is 0.0833. The minimum Gasteiger partial charge on any atom is -0.359 e. The highest BCUT2D eigenvalue weighted by molar-refractivity contribution is 5.61. The number of halogens is 1. The van der Waals surface area contributed by atoms with Crippen molar-refractivity contribution in [1.29, 1.82) is 15.8 Å². The normalized spacial score (nSPS) is 8.41. The van der Waals surface area contributed by atoms with E-state index >= 15 is 0 Å². The molecular formula is C12H7FN4. The molecule has 1 N–H and O–H groups in total. The third kappa shape index (κ3) is 2.81. The zero-order valence-electron chi connectivity index (χ0n) is 8.95. The van der Waals surface area contributed by atoms with Crippen LogP contribution in [-0.4, -0.2) is 0 Å². The molecule has 82 valence electrons. The summed E-state index contributed by atoms with van der Waals surface area (Å²) in [6.45, 7) is 1.55. The summed E-state index contributed by atoms with van der Waals surface area (Å²) in [7, 11) is 0. The van der Waals surface area contributed by atoms with Gasteiger partial charge in [0.15, 0.2) is 0 Å². The molecule has 0 spiro atoms. The second-order valence-corrected chi connectivity index (χ2v) is 3.18. The van der Waals surface area contributed by atoms with Crippen molar-refractivity contribution in [1.82, 2.24) is 0 Å². The first kappa shape index (κ1) is 12.2. The van der Waals surface area contributed by atoms with E-state index in [1.54, 1.807) is 19.1 Å². The Labute approximate surface area is 97.8 Å². The van der Waals surface area contributed by atoms with Crippen LogP contribution in [0.2, 0.25) is 0 Å². The lowest BCUT2D eigenvalue weighted by Crippen LogP contribution is -1.96. The molecule has 1 rings (SSSR count). The second-order valence-electron chi connectivity index (χ2n) is 3.18. The fourth-order valence-electron chi connectivity index (χ4n) is 1.13. The van der Waals surface area contributed by atoms with Gasteiger partial charge in [-0.2, -0.15) is 15.8 Å². The van der Waals surface area contributed by atoms with Gasteiger partial charge in [0.05, 0.1) is 11.3 Å². The summed E-state index contributed by atoms with van der Waals surface area (Å²) < 4.78 is 13.3. The quantitative estimate of drug-likeness (QED) is 0.784. The average molecular weight is 226 g/mol. The van der Waals surface area contributed by atoms with Crippen molar-refractivity contribution in [2.45, 2.75) is 6.92 Å². The van der Waals surface area contributed by atoms with Gasteiger partial charge < -0.3 is 5.32 Å². The van der Waals surface area contributed by atoms with Gasteiger partial charge in [-0.15, -0.1) is 0 Å². The summed E-state index contributed by atoms with van der Waals surface area (Å²) in [4.78, 5) is 0. The Morgan fingerprint density at radius 1 is 1.29 bits per heavy atom. The monoisotopic (exact) mass is 226 g/mol. The van der Waals surface area contributed by atoms with E-state index in [0.29, 0.717) is 5.56 Å². The van der Waals surface area contributed by atoms with E-state index in [1.165, 1.54) is 6.07 Å². The molecule has 1 aromatic carbocycles. The number of nitriles is 3. The van der Waals surface area contributed by atoms with Crippen LogP contribution in [0, 0.1) is 46.7 Å². The van der Waals surface area contributed by atoms with Crippen LogP contribution in [0.4, 0.5) is 10.1 Å². The predicted molar refractivity (Wildman–Crippen MR) is 58.8 cm³/mol. The molecule has 0 saturated heterocycles. The average Bonchev–Trinajstić information content (AvgIpc) is 2.34. The molecular weight excluding hydrogens is 219 g/mol. The number of nitrogens with zero attached hydrogens (tertiary/aromatic N) is 3. The summed E-state index contributed by atoms with van der Waals surface area (Å²) in [5, 5.41) is 28.4. The smallest absolute Gasteiger partial charge is 0.145 e. The van der Waals surface area contributed by atoms with Crippen molar-refractivity contribution < 1.29 is 4.39 Å². The number of aryl methyl sites for hydroxylation is 1. The van der Waals surface area contributed by atoms with Crippen LogP contribution in [0.15, 0.2) is 23.9 Å². The molecule has 0 unspecified atom stereocenters. The number of benzene rings is 1. The molecule has 0 heterocycles. The van der Waals surface area contributed by atoms with Gasteiger partial charge in [0.25, 0.3) is 0 Å². The van der Waals surface area contributed by atoms with Crippen molar-refractivity contribution >= 4 is 5.69 Å². The molecule has 0 aliphatic carbocycles. The summed E-state index contributed by atoms with van der Waals surface area (Å²) in [5.74, 6) is -0.463. The van der Waals surface area contributed by atoms with Crippen LogP contribution in [-0.2, 0) is 0 Å². The summed E-state index contributed by atoms with van der Waals surface area (Å²) >= 11 is 0. The zero-order valence-corrected chi connectivity index (χ0v) is 8.95. The topological polar surface area (TPSA) is 83.4 Å². The van der Waals surface area contributed by atoms with Gasteiger partial charge in [-0.05, 0) is 24.6 Å². The highest BCUT2D eigenvalue weighted by Crippen LogP contribution is 2.19. The molecule has 0 atom stereocenters. The molecule has 0 amide bonds. The standard InChI is InChI=1S/C12H7FN4/c1-8-2-10(6-16)12(3-11(8)13)17-7-9(4-14)5-15/h2-3,7,17H,1H3. The van der Waals surface area contributed by atoms with Crippen LogP contribution < -0.4 is 5.32 Å². The van der Waals surface area contributed by atoms with Crippen LogP contribution in [0.5, 0.6) is 0 Å². The second kappa shape index (κ2) is 5.30. The first-order chi connectivity index (χ1) is 8.12. The van der Waals surface area contributed by atoms with Gasteiger partial charge in [0, 0.05) is 6.20 Å². The molecule has 0 aliphatic heterocycles. The van der Waals surface area contributed by atoms with Crippen molar-refractivity contribution in [3.05, 3.63) is 40.8 Å². The van der Waals surface area contributed by atoms with E-state index in [9.17, 15) is 4.39 Å². The Hall–Kier alpha value is -2.84. The minimum atomic E-state index is -0.463. The summed E-state index contributed by atoms with van der Waals surface area (Å²) in [5.41, 5.74) is 0.667. The molecule has 4 nitrogen and oxygen atoms in total. The van der Waals surface area contributed by atoms with Crippen molar-refractivity contribution in [3.63, 3.8) is 0 Å². The molecule has 0 aromatic heterocycles. The molecule has 17 heavy (non-hydrogen) atoms. The van der Waals surface area contributed by atoms with E-state index in [-0.39, 0.29) is 16.8 Å². The molecule has 1 aromatic rings. The predicted octanol–water partition coefficient (Wildman–Crippen LogP) is 2.35. The Kier molecular flexibility index (Phi) is 3.81. The number of rotatable bonds is 2. The lowest BCUT2D eigenvalue weighted by molar-refractivity contribution is 0.619. The fourth-order valence-corrected chi connectivity index (χ4v) is 1.13. The highest BCUT2D eigenvalue weighted by Gasteiger charge is 2.06. The van der Waals surface area contributed by atoms with E-state index < -0.39 is 5.82 Å². The maximum atomic E-state index is 13.3. The van der Waals surface area contributed by atoms with Gasteiger partial charge >= 0.3 is 0 Å². The third-order valence-electron chi connectivity index (χ3n) is 2.03. The zero-order chi connectivity index (χ0) is 12.8. The Morgan fingerprint density at radius 2 is 1.94 bits per heavy atom. The van der Waals surface area contributed by atoms with Crippen molar-refractivity contribution in [2.75, 3.05) is 5.32 Å². The van der Waals surface area contributed by atoms with Crippen molar-refractivity contribution in [2.24, 2.45) is 0 Å². The van der Waals surface area contributed by atoms with E-state index in [4.69, 9.17) is 15.8 Å². The van der Waals surface area contributed by atoms with Crippen molar-refractivity contribution in [3.8, 4) is 18.2 Å². The number of hydrogen-bond acceptors (Lipinski definition) is 4. The maximum Gasteiger partial charge on any atom is 0.145 e. The number of allylic oxidation sites excluding steroid dienone is 1. The van der Waals surface area contributed by atoms with Gasteiger partial charge in [0.1, 0.15) is 29.6 Å². The van der Waals surface area contributed by atoms with Crippen LogP contribution in [0.25, 0.3) is 0 Å². The Morgan fingerprint density at radius 3 is 2.47 bits per heavy atom. The maximum absolute atomic E-state index is 13.3. The highest BCUT2D eigenvalue weighted by atomic mass is 19.1. The molecule has 0 saturated carbocycles. The molecule has 0 fully saturated rings. The Bertz CT molecular complexity index is 581. The minimum absolute atomic E-state index is 0.158. The molecule has 5 heteroatoms. The lowest BCUT2D eigenvalue weighted by atomic mass is 10.1. The number of nitrogens with one attached hydrogen (secondary N) is 1. The molecule has 0 aliphatic rings. The van der Waals surface area contributed by atoms with Crippen LogP contribution >= 0.6 is 0 Å². The SMILES string of the molecule is Cc1cc(C#N)c(NC=C(C#N)C#N)cc1F. The van der Waals surface area contributed by atoms with Gasteiger partial charge in [-0.1, -0.05) is 0 Å². The van der Waals surface area contributed by atoms with Gasteiger partial charge in [-0.25, -0.2) is 4.39 Å². The van der Waals surface area contributed by atoms with Gasteiger partial charge in [-0.3, -0.25) is 0 Å². The number of hydrogen-bond donors (Lipinski definition) is 1. The van der Waals surface area contributed by atoms with Gasteiger partial charge in [0.2, 0.25) is 0 Å². The largest absolute Gasteiger partial charge is 0.359 e. The van der Waals surface area contributed by atoms with Crippen LogP contribution in [0.3, 0.4) is 0 Å². The number of anilines is 1. The summed E-state index contributed by atoms with van der Waals surface area (Å²) in [6.07, 6.45) is 1.13.